The van der Waals surface area contributed by atoms with Gasteiger partial charge in [0.2, 0.25) is 0 Å². The maximum absolute atomic E-state index is 13.0. The minimum Gasteiger partial charge on any atom is -0.330 e. The summed E-state index contributed by atoms with van der Waals surface area (Å²) in [6, 6.07) is 22.2. The maximum atomic E-state index is 13.0. The Morgan fingerprint density at radius 2 is 1.68 bits per heavy atom. The largest absolute Gasteiger partial charge is 0.416 e. The van der Waals surface area contributed by atoms with Crippen molar-refractivity contribution in [2.45, 2.75) is 6.18 Å². The molecule has 0 aliphatic heterocycles. The van der Waals surface area contributed by atoms with Crippen molar-refractivity contribution < 1.29 is 13.2 Å². The van der Waals surface area contributed by atoms with Crippen LogP contribution < -0.4 is 10.7 Å². The van der Waals surface area contributed by atoms with Crippen molar-refractivity contribution in [3.05, 3.63) is 101 Å². The van der Waals surface area contributed by atoms with Crippen LogP contribution in [0.2, 0.25) is 5.02 Å². The highest BCUT2D eigenvalue weighted by Crippen LogP contribution is 2.33. The molecule has 34 heavy (non-hydrogen) atoms. The fourth-order valence-corrected chi connectivity index (χ4v) is 3.45. The lowest BCUT2D eigenvalue weighted by molar-refractivity contribution is -0.137. The highest BCUT2D eigenvalue weighted by atomic mass is 35.5. The van der Waals surface area contributed by atoms with Crippen LogP contribution >= 0.6 is 23.8 Å². The van der Waals surface area contributed by atoms with Gasteiger partial charge in [-0.05, 0) is 42.5 Å². The predicted molar refractivity (Wildman–Crippen MR) is 132 cm³/mol. The van der Waals surface area contributed by atoms with Crippen LogP contribution in [0.3, 0.4) is 0 Å². The first-order chi connectivity index (χ1) is 16.3. The van der Waals surface area contributed by atoms with Crippen LogP contribution in [-0.4, -0.2) is 21.1 Å². The number of nitrogens with zero attached hydrogens (tertiary/aromatic N) is 3. The number of aromatic nitrogens is 2. The van der Waals surface area contributed by atoms with Crippen LogP contribution in [0.5, 0.6) is 0 Å². The zero-order valence-corrected chi connectivity index (χ0v) is 19.0. The summed E-state index contributed by atoms with van der Waals surface area (Å²) in [4.78, 5) is 0. The molecule has 10 heteroatoms. The van der Waals surface area contributed by atoms with Crippen LogP contribution in [0.25, 0.3) is 16.9 Å². The minimum absolute atomic E-state index is 0.0193. The quantitative estimate of drug-likeness (QED) is 0.186. The molecule has 0 saturated heterocycles. The molecule has 0 aliphatic carbocycles. The van der Waals surface area contributed by atoms with Crippen molar-refractivity contribution in [2.24, 2.45) is 5.10 Å². The Labute approximate surface area is 203 Å². The number of anilines is 1. The van der Waals surface area contributed by atoms with Gasteiger partial charge in [0.05, 0.1) is 28.2 Å². The summed E-state index contributed by atoms with van der Waals surface area (Å²) in [6.07, 6.45) is -1.14. The SMILES string of the molecule is FC(F)(F)c1ccc(Cl)c(NC(=S)N/N=C\c2cn(-c3ccccc3)nc2-c2ccccc2)c1. The van der Waals surface area contributed by atoms with E-state index in [0.717, 1.165) is 29.4 Å². The number of halogens is 4. The van der Waals surface area contributed by atoms with E-state index in [1.54, 1.807) is 4.68 Å². The highest BCUT2D eigenvalue weighted by Gasteiger charge is 2.31. The first-order valence-electron chi connectivity index (χ1n) is 9.98. The van der Waals surface area contributed by atoms with Crippen molar-refractivity contribution >= 4 is 40.8 Å². The summed E-state index contributed by atoms with van der Waals surface area (Å²) in [7, 11) is 0. The average molecular weight is 500 g/mol. The van der Waals surface area contributed by atoms with Gasteiger partial charge >= 0.3 is 6.18 Å². The minimum atomic E-state index is -4.50. The third kappa shape index (κ3) is 5.62. The average Bonchev–Trinajstić information content (AvgIpc) is 3.25. The van der Waals surface area contributed by atoms with E-state index in [1.807, 2.05) is 66.9 Å². The number of hydrogen-bond donors (Lipinski definition) is 2. The first kappa shape index (κ1) is 23.5. The lowest BCUT2D eigenvalue weighted by Gasteiger charge is -2.12. The molecule has 0 atom stereocenters. The lowest BCUT2D eigenvalue weighted by atomic mass is 10.1. The Morgan fingerprint density at radius 1 is 1.00 bits per heavy atom. The summed E-state index contributed by atoms with van der Waals surface area (Å²) in [5.74, 6) is 0. The van der Waals surface area contributed by atoms with Crippen molar-refractivity contribution in [3.8, 4) is 16.9 Å². The van der Waals surface area contributed by atoms with Crippen molar-refractivity contribution in [2.75, 3.05) is 5.32 Å². The van der Waals surface area contributed by atoms with E-state index in [4.69, 9.17) is 23.8 Å². The number of hydrazone groups is 1. The number of alkyl halides is 3. The Balaban J connectivity index is 1.54. The van der Waals surface area contributed by atoms with E-state index < -0.39 is 11.7 Å². The van der Waals surface area contributed by atoms with Crippen molar-refractivity contribution in [3.63, 3.8) is 0 Å². The van der Waals surface area contributed by atoms with Gasteiger partial charge in [0.25, 0.3) is 0 Å². The second kappa shape index (κ2) is 10.1. The molecule has 0 spiro atoms. The summed E-state index contributed by atoms with van der Waals surface area (Å²) in [5, 5.41) is 11.5. The smallest absolute Gasteiger partial charge is 0.330 e. The van der Waals surface area contributed by atoms with Crippen molar-refractivity contribution in [1.82, 2.24) is 15.2 Å². The standard InChI is InChI=1S/C24H17ClF3N5S/c25-20-12-11-18(24(26,27)28)13-21(20)30-23(34)31-29-14-17-15-33(19-9-5-2-6-10-19)32-22(17)16-7-3-1-4-8-16/h1-15H,(H2,30,31,34)/b29-14-. The molecule has 3 aromatic carbocycles. The Morgan fingerprint density at radius 3 is 2.35 bits per heavy atom. The third-order valence-electron chi connectivity index (χ3n) is 4.72. The topological polar surface area (TPSA) is 54.2 Å². The normalized spacial score (nSPS) is 11.5. The van der Waals surface area contributed by atoms with Gasteiger partial charge in [-0.25, -0.2) is 4.68 Å². The summed E-state index contributed by atoms with van der Waals surface area (Å²) >= 11 is 11.2. The molecule has 4 rings (SSSR count). The fraction of sp³-hybridized carbons (Fsp3) is 0.0417. The molecule has 2 N–H and O–H groups in total. The van der Waals surface area contributed by atoms with E-state index >= 15 is 0 Å². The van der Waals surface area contributed by atoms with E-state index in [9.17, 15) is 13.2 Å². The molecule has 0 radical (unpaired) electrons. The van der Waals surface area contributed by atoms with Gasteiger partial charge in [0, 0.05) is 17.3 Å². The lowest BCUT2D eigenvalue weighted by Crippen LogP contribution is -2.24. The number of hydrogen-bond acceptors (Lipinski definition) is 3. The first-order valence-corrected chi connectivity index (χ1v) is 10.8. The molecule has 0 fully saturated rings. The molecule has 0 bridgehead atoms. The van der Waals surface area contributed by atoms with Crippen LogP contribution in [0.4, 0.5) is 18.9 Å². The summed E-state index contributed by atoms with van der Waals surface area (Å²) < 4.78 is 40.7. The van der Waals surface area contributed by atoms with Gasteiger partial charge in [0.15, 0.2) is 5.11 Å². The van der Waals surface area contributed by atoms with Crippen LogP contribution in [-0.2, 0) is 6.18 Å². The van der Waals surface area contributed by atoms with Gasteiger partial charge in [-0.3, -0.25) is 5.43 Å². The molecule has 172 valence electrons. The van der Waals surface area contributed by atoms with Gasteiger partial charge in [0.1, 0.15) is 5.69 Å². The third-order valence-corrected chi connectivity index (χ3v) is 5.25. The molecule has 0 aliphatic rings. The summed E-state index contributed by atoms with van der Waals surface area (Å²) in [5.41, 5.74) is 4.97. The van der Waals surface area contributed by atoms with Crippen LogP contribution in [0, 0.1) is 0 Å². The fourth-order valence-electron chi connectivity index (χ4n) is 3.12. The molecule has 0 saturated carbocycles. The molecular weight excluding hydrogens is 483 g/mol. The molecule has 4 aromatic rings. The second-order valence-corrected chi connectivity index (χ2v) is 7.91. The number of rotatable bonds is 5. The van der Waals surface area contributed by atoms with Crippen molar-refractivity contribution in [1.29, 1.82) is 0 Å². The maximum Gasteiger partial charge on any atom is 0.416 e. The molecule has 5 nitrogen and oxygen atoms in total. The van der Waals surface area contributed by atoms with Gasteiger partial charge < -0.3 is 5.32 Å². The Kier molecular flexibility index (Phi) is 6.95. The van der Waals surface area contributed by atoms with Gasteiger partial charge in [-0.2, -0.15) is 23.4 Å². The van der Waals surface area contributed by atoms with E-state index in [0.29, 0.717) is 11.3 Å². The second-order valence-electron chi connectivity index (χ2n) is 7.10. The van der Waals surface area contributed by atoms with E-state index in [1.165, 1.54) is 6.21 Å². The number of nitrogens with one attached hydrogen (secondary N) is 2. The summed E-state index contributed by atoms with van der Waals surface area (Å²) in [6.45, 7) is 0. The Hall–Kier alpha value is -3.69. The molecule has 1 heterocycles. The predicted octanol–water partition coefficient (Wildman–Crippen LogP) is 6.53. The highest BCUT2D eigenvalue weighted by molar-refractivity contribution is 7.80. The van der Waals surface area contributed by atoms with E-state index in [-0.39, 0.29) is 15.8 Å². The Bertz CT molecular complexity index is 1320. The van der Waals surface area contributed by atoms with Gasteiger partial charge in [-0.1, -0.05) is 60.1 Å². The zero-order valence-electron chi connectivity index (χ0n) is 17.4. The molecule has 0 amide bonds. The zero-order chi connectivity index (χ0) is 24.1. The molecule has 1 aromatic heterocycles. The van der Waals surface area contributed by atoms with E-state index in [2.05, 4.69) is 20.9 Å². The molecule has 0 unspecified atom stereocenters. The van der Waals surface area contributed by atoms with Crippen LogP contribution in [0.15, 0.2) is 90.2 Å². The number of thiocarbonyl (C=S) groups is 1. The van der Waals surface area contributed by atoms with Gasteiger partial charge in [-0.15, -0.1) is 0 Å². The van der Waals surface area contributed by atoms with Crippen LogP contribution in [0.1, 0.15) is 11.1 Å². The number of benzene rings is 3. The molecular formula is C24H17ClF3N5S. The monoisotopic (exact) mass is 499 g/mol. The number of para-hydroxylation sites is 1.